The van der Waals surface area contributed by atoms with Crippen molar-refractivity contribution in [3.8, 4) is 0 Å². The summed E-state index contributed by atoms with van der Waals surface area (Å²) < 4.78 is 18.0. The molecule has 0 unspecified atom stereocenters. The molecule has 2 amide bonds. The number of cyclic esters (lactones) is 1. The van der Waals surface area contributed by atoms with E-state index >= 15 is 0 Å². The molecule has 0 aliphatic carbocycles. The topological polar surface area (TPSA) is 53.1 Å². The zero-order chi connectivity index (χ0) is 18.1. The van der Waals surface area contributed by atoms with E-state index in [1.54, 1.807) is 0 Å². The first kappa shape index (κ1) is 17.3. The first-order valence-electron chi connectivity index (χ1n) is 9.26. The number of halogens is 1. The summed E-state index contributed by atoms with van der Waals surface area (Å²) in [5.74, 6) is 0.243. The third-order valence-electron chi connectivity index (χ3n) is 5.60. The van der Waals surface area contributed by atoms with Gasteiger partial charge >= 0.3 is 6.09 Å². The lowest BCUT2D eigenvalue weighted by Crippen LogP contribution is -2.50. The number of carbonyl (C=O) groups is 2. The number of hydrogen-bond donors (Lipinski definition) is 0. The summed E-state index contributed by atoms with van der Waals surface area (Å²) in [4.78, 5) is 30.2. The van der Waals surface area contributed by atoms with Crippen LogP contribution in [0, 0.1) is 11.7 Å². The Kier molecular flexibility index (Phi) is 4.80. The minimum atomic E-state index is -0.392. The van der Waals surface area contributed by atoms with Gasteiger partial charge < -0.3 is 9.64 Å². The van der Waals surface area contributed by atoms with E-state index in [4.69, 9.17) is 4.74 Å². The van der Waals surface area contributed by atoms with E-state index < -0.39 is 6.09 Å². The molecule has 4 fully saturated rings. The highest BCUT2D eigenvalue weighted by atomic mass is 19.1. The number of nitrogens with zero attached hydrogens (tertiary/aromatic N) is 3. The highest BCUT2D eigenvalue weighted by molar-refractivity contribution is 5.83. The van der Waals surface area contributed by atoms with Crippen molar-refractivity contribution >= 4 is 12.0 Å². The maximum absolute atomic E-state index is 13.1. The minimum Gasteiger partial charge on any atom is -0.448 e. The second-order valence-electron chi connectivity index (χ2n) is 7.50. The molecule has 4 saturated heterocycles. The molecule has 4 aliphatic heterocycles. The molecule has 0 spiro atoms. The van der Waals surface area contributed by atoms with E-state index in [1.165, 1.54) is 17.0 Å². The van der Waals surface area contributed by atoms with Crippen LogP contribution >= 0.6 is 0 Å². The van der Waals surface area contributed by atoms with E-state index in [0.29, 0.717) is 19.1 Å². The van der Waals surface area contributed by atoms with Crippen LogP contribution in [0.1, 0.15) is 18.4 Å². The zero-order valence-corrected chi connectivity index (χ0v) is 14.8. The first-order valence-corrected chi connectivity index (χ1v) is 9.26. The van der Waals surface area contributed by atoms with Crippen LogP contribution in [0.3, 0.4) is 0 Å². The van der Waals surface area contributed by atoms with Crippen LogP contribution < -0.4 is 0 Å². The molecule has 7 heteroatoms. The molecule has 0 aromatic heterocycles. The molecule has 4 aliphatic rings. The molecule has 6 nitrogen and oxygen atoms in total. The largest absolute Gasteiger partial charge is 0.448 e. The van der Waals surface area contributed by atoms with Gasteiger partial charge in [-0.25, -0.2) is 9.18 Å². The molecule has 26 heavy (non-hydrogen) atoms. The van der Waals surface area contributed by atoms with Crippen molar-refractivity contribution in [2.75, 3.05) is 39.3 Å². The third-order valence-corrected chi connectivity index (χ3v) is 5.60. The molecule has 0 radical (unpaired) electrons. The van der Waals surface area contributed by atoms with Gasteiger partial charge in [-0.1, -0.05) is 12.1 Å². The highest BCUT2D eigenvalue weighted by Crippen LogP contribution is 2.29. The quantitative estimate of drug-likeness (QED) is 0.819. The minimum absolute atomic E-state index is 0.0159. The number of hydrogen-bond acceptors (Lipinski definition) is 4. The fourth-order valence-corrected chi connectivity index (χ4v) is 4.29. The van der Waals surface area contributed by atoms with Gasteiger partial charge in [-0.2, -0.15) is 0 Å². The average molecular weight is 361 g/mol. The average Bonchev–Trinajstić information content (AvgIpc) is 2.84. The predicted molar refractivity (Wildman–Crippen MR) is 92.8 cm³/mol. The van der Waals surface area contributed by atoms with E-state index in [9.17, 15) is 14.0 Å². The monoisotopic (exact) mass is 361 g/mol. The Balaban J connectivity index is 1.40. The number of rotatable bonds is 4. The molecular formula is C19H24FN3O3. The summed E-state index contributed by atoms with van der Waals surface area (Å²) in [6.45, 7) is 4.26. The van der Waals surface area contributed by atoms with Crippen LogP contribution in [-0.4, -0.2) is 72.1 Å². The van der Waals surface area contributed by atoms with Crippen molar-refractivity contribution in [3.05, 3.63) is 35.6 Å². The second-order valence-corrected chi connectivity index (χ2v) is 7.50. The number of benzene rings is 1. The van der Waals surface area contributed by atoms with Gasteiger partial charge in [0.1, 0.15) is 19.0 Å². The van der Waals surface area contributed by atoms with Crippen LogP contribution in [0.2, 0.25) is 0 Å². The van der Waals surface area contributed by atoms with Crippen LogP contribution in [0.5, 0.6) is 0 Å². The van der Waals surface area contributed by atoms with Gasteiger partial charge in [0.15, 0.2) is 0 Å². The first-order chi connectivity index (χ1) is 12.6. The molecular weight excluding hydrogens is 337 g/mol. The molecule has 1 aromatic carbocycles. The van der Waals surface area contributed by atoms with Gasteiger partial charge in [0.2, 0.25) is 5.91 Å². The van der Waals surface area contributed by atoms with Crippen molar-refractivity contribution in [1.82, 2.24) is 14.7 Å². The van der Waals surface area contributed by atoms with E-state index in [2.05, 4.69) is 4.90 Å². The van der Waals surface area contributed by atoms with Gasteiger partial charge in [-0.15, -0.1) is 0 Å². The van der Waals surface area contributed by atoms with Crippen molar-refractivity contribution in [1.29, 1.82) is 0 Å². The fourth-order valence-electron chi connectivity index (χ4n) is 4.29. The van der Waals surface area contributed by atoms with Gasteiger partial charge in [0, 0.05) is 32.2 Å². The lowest BCUT2D eigenvalue weighted by atomic mass is 9.95. The normalized spacial score (nSPS) is 26.1. The Morgan fingerprint density at radius 1 is 1.15 bits per heavy atom. The van der Waals surface area contributed by atoms with Gasteiger partial charge in [-0.3, -0.25) is 14.6 Å². The van der Waals surface area contributed by atoms with Crippen LogP contribution in [0.4, 0.5) is 9.18 Å². The summed E-state index contributed by atoms with van der Waals surface area (Å²) in [5.41, 5.74) is 1.09. The zero-order valence-electron chi connectivity index (χ0n) is 14.8. The molecule has 140 valence electrons. The van der Waals surface area contributed by atoms with Crippen molar-refractivity contribution in [3.63, 3.8) is 0 Å². The van der Waals surface area contributed by atoms with Gasteiger partial charge in [0.05, 0.1) is 6.54 Å². The van der Waals surface area contributed by atoms with Crippen LogP contribution in [0.15, 0.2) is 24.3 Å². The summed E-state index contributed by atoms with van der Waals surface area (Å²) >= 11 is 0. The standard InChI is InChI=1S/C19H24FN3O3/c20-16-4-1-14(2-5-16)9-21-10-15-3-6-17(12-21)23(11-15)18(24)13-22-7-8-26-19(22)25/h1-2,4-5,15,17H,3,6-13H2/t15-,17+/m1/s1. The third kappa shape index (κ3) is 3.67. The predicted octanol–water partition coefficient (Wildman–Crippen LogP) is 1.70. The Labute approximate surface area is 152 Å². The van der Waals surface area contributed by atoms with Gasteiger partial charge in [-0.05, 0) is 36.5 Å². The number of fused-ring (bicyclic) bond motifs is 4. The summed E-state index contributed by atoms with van der Waals surface area (Å²) in [6, 6.07) is 6.81. The van der Waals surface area contributed by atoms with Crippen molar-refractivity contribution < 1.29 is 18.7 Å². The van der Waals surface area contributed by atoms with Crippen molar-refractivity contribution in [2.45, 2.75) is 25.4 Å². The fraction of sp³-hybridized carbons (Fsp3) is 0.579. The van der Waals surface area contributed by atoms with E-state index in [1.807, 2.05) is 17.0 Å². The summed E-state index contributed by atoms with van der Waals surface area (Å²) in [7, 11) is 0. The number of amides is 2. The molecule has 2 bridgehead atoms. The summed E-state index contributed by atoms with van der Waals surface area (Å²) in [6.07, 6.45) is 1.73. The Morgan fingerprint density at radius 3 is 2.69 bits per heavy atom. The SMILES string of the molecule is O=C1OCCN1CC(=O)N1C[C@@H]2CC[C@H]1CN(Cc1ccc(F)cc1)C2. The molecule has 4 heterocycles. The Hall–Kier alpha value is -2.15. The van der Waals surface area contributed by atoms with Crippen LogP contribution in [-0.2, 0) is 16.1 Å². The van der Waals surface area contributed by atoms with Gasteiger partial charge in [0.25, 0.3) is 0 Å². The Bertz CT molecular complexity index is 681. The lowest BCUT2D eigenvalue weighted by Gasteiger charge is -2.37. The lowest BCUT2D eigenvalue weighted by molar-refractivity contribution is -0.135. The highest BCUT2D eigenvalue weighted by Gasteiger charge is 2.38. The molecule has 1 aromatic rings. The number of piperidine rings is 1. The number of ether oxygens (including phenoxy) is 1. The molecule has 0 N–H and O–H groups in total. The summed E-state index contributed by atoms with van der Waals surface area (Å²) in [5, 5.41) is 0. The molecule has 5 rings (SSSR count). The maximum Gasteiger partial charge on any atom is 0.410 e. The maximum atomic E-state index is 13.1. The smallest absolute Gasteiger partial charge is 0.410 e. The molecule has 2 atom stereocenters. The second kappa shape index (κ2) is 7.23. The van der Waals surface area contributed by atoms with E-state index in [-0.39, 0.29) is 24.3 Å². The number of carbonyl (C=O) groups excluding carboxylic acids is 2. The van der Waals surface area contributed by atoms with E-state index in [0.717, 1.165) is 44.6 Å². The molecule has 0 saturated carbocycles. The van der Waals surface area contributed by atoms with Crippen molar-refractivity contribution in [2.24, 2.45) is 5.92 Å². The van der Waals surface area contributed by atoms with Crippen LogP contribution in [0.25, 0.3) is 0 Å². The Morgan fingerprint density at radius 2 is 1.96 bits per heavy atom.